The number of sulfone groups is 1. The normalized spacial score (nSPS) is 17.9. The molecule has 0 bridgehead atoms. The van der Waals surface area contributed by atoms with Gasteiger partial charge in [0.2, 0.25) is 11.8 Å². The number of carbonyl (C=O) groups is 1. The minimum absolute atomic E-state index is 0.0139. The van der Waals surface area contributed by atoms with Crippen molar-refractivity contribution in [3.63, 3.8) is 0 Å². The van der Waals surface area contributed by atoms with Crippen LogP contribution in [0.15, 0.2) is 4.52 Å². The molecule has 7 nitrogen and oxygen atoms in total. The summed E-state index contributed by atoms with van der Waals surface area (Å²) in [5.41, 5.74) is 4.95. The molecule has 1 aromatic rings. The zero-order chi connectivity index (χ0) is 12.6. The predicted molar refractivity (Wildman–Crippen MR) is 57.6 cm³/mol. The maximum atomic E-state index is 11.7. The van der Waals surface area contributed by atoms with Crippen molar-refractivity contribution in [1.29, 1.82) is 0 Å². The van der Waals surface area contributed by atoms with Crippen molar-refractivity contribution < 1.29 is 17.7 Å². The van der Waals surface area contributed by atoms with Crippen LogP contribution in [0.25, 0.3) is 0 Å². The molecule has 17 heavy (non-hydrogen) atoms. The molecule has 1 fully saturated rings. The quantitative estimate of drug-likeness (QED) is 0.778. The van der Waals surface area contributed by atoms with E-state index in [1.807, 2.05) is 0 Å². The molecule has 0 aliphatic heterocycles. The Morgan fingerprint density at radius 1 is 1.59 bits per heavy atom. The number of amides is 1. The van der Waals surface area contributed by atoms with Crippen LogP contribution in [0.4, 0.5) is 0 Å². The van der Waals surface area contributed by atoms with E-state index in [2.05, 4.69) is 10.1 Å². The zero-order valence-corrected chi connectivity index (χ0v) is 10.1. The van der Waals surface area contributed by atoms with E-state index in [4.69, 9.17) is 10.3 Å². The summed E-state index contributed by atoms with van der Waals surface area (Å²) in [6.45, 7) is 1.25. The maximum absolute atomic E-state index is 11.7. The molecule has 1 aromatic heterocycles. The molecule has 0 spiro atoms. The topological polar surface area (TPSA) is 116 Å². The second-order valence-corrected chi connectivity index (χ2v) is 6.49. The van der Waals surface area contributed by atoms with Gasteiger partial charge in [-0.25, -0.2) is 8.42 Å². The molecule has 0 saturated heterocycles. The first-order valence-electron chi connectivity index (χ1n) is 5.23. The Morgan fingerprint density at radius 2 is 2.24 bits per heavy atom. The molecule has 1 saturated carbocycles. The molecule has 1 heterocycles. The highest BCUT2D eigenvalue weighted by molar-refractivity contribution is 7.91. The molecule has 1 aliphatic carbocycles. The zero-order valence-electron chi connectivity index (χ0n) is 9.29. The summed E-state index contributed by atoms with van der Waals surface area (Å²) in [4.78, 5) is 14.8. The van der Waals surface area contributed by atoms with Crippen molar-refractivity contribution in [2.75, 3.05) is 0 Å². The summed E-state index contributed by atoms with van der Waals surface area (Å²) in [5.74, 6) is -0.478. The molecule has 94 valence electrons. The first-order chi connectivity index (χ1) is 7.90. The van der Waals surface area contributed by atoms with Gasteiger partial charge in [-0.1, -0.05) is 5.16 Å². The van der Waals surface area contributed by atoms with Crippen LogP contribution in [0.1, 0.15) is 37.4 Å². The smallest absolute Gasteiger partial charge is 0.241 e. The van der Waals surface area contributed by atoms with Gasteiger partial charge in [0.25, 0.3) is 0 Å². The molecule has 0 aromatic carbocycles. The van der Waals surface area contributed by atoms with Crippen LogP contribution < -0.4 is 5.73 Å². The third-order valence-electron chi connectivity index (χ3n) is 2.69. The van der Waals surface area contributed by atoms with E-state index >= 15 is 0 Å². The summed E-state index contributed by atoms with van der Waals surface area (Å²) in [6, 6.07) is 0. The Balaban J connectivity index is 2.11. The fourth-order valence-corrected chi connectivity index (χ4v) is 2.37. The van der Waals surface area contributed by atoms with Gasteiger partial charge in [0.1, 0.15) is 11.0 Å². The third kappa shape index (κ3) is 2.63. The molecular formula is C9H13N3O4S. The minimum Gasteiger partial charge on any atom is -0.369 e. The molecule has 1 amide bonds. The van der Waals surface area contributed by atoms with E-state index in [-0.39, 0.29) is 5.89 Å². The van der Waals surface area contributed by atoms with Gasteiger partial charge in [0, 0.05) is 5.92 Å². The fraction of sp³-hybridized carbons (Fsp3) is 0.667. The van der Waals surface area contributed by atoms with Crippen LogP contribution >= 0.6 is 0 Å². The van der Waals surface area contributed by atoms with Crippen LogP contribution in [0, 0.1) is 0 Å². The van der Waals surface area contributed by atoms with Crippen LogP contribution in [0.5, 0.6) is 0 Å². The van der Waals surface area contributed by atoms with E-state index in [9.17, 15) is 13.2 Å². The van der Waals surface area contributed by atoms with Crippen LogP contribution in [-0.2, 0) is 20.4 Å². The van der Waals surface area contributed by atoms with Gasteiger partial charge in [-0.05, 0) is 19.8 Å². The van der Waals surface area contributed by atoms with Gasteiger partial charge in [-0.15, -0.1) is 0 Å². The van der Waals surface area contributed by atoms with Gasteiger partial charge in [-0.3, -0.25) is 4.79 Å². The molecule has 2 rings (SSSR count). The first kappa shape index (κ1) is 12.0. The van der Waals surface area contributed by atoms with Crippen LogP contribution in [0.2, 0.25) is 0 Å². The van der Waals surface area contributed by atoms with Gasteiger partial charge in [-0.2, -0.15) is 4.98 Å². The number of rotatable bonds is 5. The summed E-state index contributed by atoms with van der Waals surface area (Å²) in [6.07, 6.45) is 2.01. The standard InChI is InChI=1S/C9H13N3O4S/c1-5(8(10)13)17(14,15)4-7-11-9(12-16-7)6-2-3-6/h5-6H,2-4H2,1H3,(H2,10,13)/t5-/m1/s1. The number of nitrogens with two attached hydrogens (primary N) is 1. The molecule has 8 heteroatoms. The van der Waals surface area contributed by atoms with Gasteiger partial charge < -0.3 is 10.3 Å². The lowest BCUT2D eigenvalue weighted by Gasteiger charge is -2.06. The van der Waals surface area contributed by atoms with E-state index < -0.39 is 26.7 Å². The number of nitrogens with zero attached hydrogens (tertiary/aromatic N) is 2. The van der Waals surface area contributed by atoms with E-state index in [1.54, 1.807) is 0 Å². The van der Waals surface area contributed by atoms with E-state index in [1.165, 1.54) is 6.92 Å². The SMILES string of the molecule is C[C@H](C(N)=O)S(=O)(=O)Cc1nc(C2CC2)no1. The Bertz CT molecular complexity index is 532. The van der Waals surface area contributed by atoms with E-state index in [0.717, 1.165) is 12.8 Å². The molecule has 0 radical (unpaired) electrons. The van der Waals surface area contributed by atoms with Crippen molar-refractivity contribution in [3.8, 4) is 0 Å². The fourth-order valence-electron chi connectivity index (χ4n) is 1.31. The number of carbonyl (C=O) groups excluding carboxylic acids is 1. The van der Waals surface area contributed by atoms with Crippen molar-refractivity contribution in [3.05, 3.63) is 11.7 Å². The first-order valence-corrected chi connectivity index (χ1v) is 6.95. The Morgan fingerprint density at radius 3 is 2.76 bits per heavy atom. The van der Waals surface area contributed by atoms with E-state index in [0.29, 0.717) is 11.7 Å². The summed E-state index contributed by atoms with van der Waals surface area (Å²) in [5, 5.41) is 2.45. The second kappa shape index (κ2) is 4.10. The van der Waals surface area contributed by atoms with Gasteiger partial charge in [0.15, 0.2) is 15.7 Å². The highest BCUT2D eigenvalue weighted by atomic mass is 32.2. The molecule has 1 atom stereocenters. The minimum atomic E-state index is -3.68. The summed E-state index contributed by atoms with van der Waals surface area (Å²) < 4.78 is 28.3. The summed E-state index contributed by atoms with van der Waals surface area (Å²) >= 11 is 0. The monoisotopic (exact) mass is 259 g/mol. The molecule has 1 aliphatic rings. The number of aromatic nitrogens is 2. The molecular weight excluding hydrogens is 246 g/mol. The lowest BCUT2D eigenvalue weighted by Crippen LogP contribution is -2.34. The summed E-state index contributed by atoms with van der Waals surface area (Å²) in [7, 11) is -3.68. The molecule has 0 unspecified atom stereocenters. The van der Waals surface area contributed by atoms with Crippen molar-refractivity contribution in [2.24, 2.45) is 5.73 Å². The Hall–Kier alpha value is -1.44. The molecule has 2 N–H and O–H groups in total. The third-order valence-corrected chi connectivity index (χ3v) is 4.65. The van der Waals surface area contributed by atoms with Crippen molar-refractivity contribution in [2.45, 2.75) is 36.7 Å². The largest absolute Gasteiger partial charge is 0.369 e. The van der Waals surface area contributed by atoms with Gasteiger partial charge in [0.05, 0.1) is 0 Å². The Labute approximate surface area is 98.3 Å². The van der Waals surface area contributed by atoms with Gasteiger partial charge >= 0.3 is 0 Å². The number of hydrogen-bond donors (Lipinski definition) is 1. The van der Waals surface area contributed by atoms with Crippen molar-refractivity contribution in [1.82, 2.24) is 10.1 Å². The van der Waals surface area contributed by atoms with Crippen molar-refractivity contribution >= 4 is 15.7 Å². The highest BCUT2D eigenvalue weighted by Gasteiger charge is 2.32. The predicted octanol–water partition coefficient (Wildman–Crippen LogP) is -0.264. The Kier molecular flexibility index (Phi) is 2.90. The average Bonchev–Trinajstić information content (AvgIpc) is 2.99. The van der Waals surface area contributed by atoms with Crippen LogP contribution in [-0.4, -0.2) is 29.7 Å². The highest BCUT2D eigenvalue weighted by Crippen LogP contribution is 2.38. The lowest BCUT2D eigenvalue weighted by atomic mass is 10.4. The number of primary amides is 1. The van der Waals surface area contributed by atoms with Crippen LogP contribution in [0.3, 0.4) is 0 Å². The maximum Gasteiger partial charge on any atom is 0.241 e. The average molecular weight is 259 g/mol. The number of hydrogen-bond acceptors (Lipinski definition) is 6. The second-order valence-electron chi connectivity index (χ2n) is 4.17. The lowest BCUT2D eigenvalue weighted by molar-refractivity contribution is -0.117.